The molecule has 0 amide bonds. The number of ether oxygens (including phenoxy) is 1. The zero-order chi connectivity index (χ0) is 16.0. The molecule has 0 N–H and O–H groups in total. The fourth-order valence-electron chi connectivity index (χ4n) is 1.49. The summed E-state index contributed by atoms with van der Waals surface area (Å²) in [6.45, 7) is 1.58. The highest BCUT2D eigenvalue weighted by atomic mass is 32.2. The van der Waals surface area contributed by atoms with Gasteiger partial charge in [0.25, 0.3) is 5.69 Å². The minimum atomic E-state index is -3.93. The fraction of sp³-hybridized carbons (Fsp3) is 0.333. The average molecular weight is 315 g/mol. The van der Waals surface area contributed by atoms with Gasteiger partial charge in [0, 0.05) is 17.7 Å². The Labute approximate surface area is 120 Å². The van der Waals surface area contributed by atoms with Crippen LogP contribution in [0, 0.1) is 10.1 Å². The van der Waals surface area contributed by atoms with Crippen LogP contribution in [0.15, 0.2) is 24.3 Å². The minimum absolute atomic E-state index is 0.0213. The highest BCUT2D eigenvalue weighted by Gasteiger charge is 2.22. The van der Waals surface area contributed by atoms with Gasteiger partial charge in [0.2, 0.25) is 0 Å². The standard InChI is InChI=1S/C12H13NO7S/c1-2-20-12(15)8-21(18,19)7-11(14)9-3-5-10(6-4-9)13(16)17/h3-6H,2,7-8H2,1H3. The summed E-state index contributed by atoms with van der Waals surface area (Å²) in [7, 11) is -3.93. The lowest BCUT2D eigenvalue weighted by molar-refractivity contribution is -0.384. The number of non-ortho nitro benzene ring substituents is 1. The van der Waals surface area contributed by atoms with E-state index in [0.717, 1.165) is 12.1 Å². The molecule has 0 unspecified atom stereocenters. The number of Topliss-reactive ketones (excluding diaryl/α,β-unsaturated/α-hetero) is 1. The van der Waals surface area contributed by atoms with Crippen molar-refractivity contribution in [1.29, 1.82) is 0 Å². The quantitative estimate of drug-likeness (QED) is 0.315. The summed E-state index contributed by atoms with van der Waals surface area (Å²) in [5.74, 6) is -3.40. The van der Waals surface area contributed by atoms with Gasteiger partial charge in [0.15, 0.2) is 15.6 Å². The molecule has 21 heavy (non-hydrogen) atoms. The third-order valence-corrected chi connectivity index (χ3v) is 3.77. The van der Waals surface area contributed by atoms with Crippen molar-refractivity contribution in [1.82, 2.24) is 0 Å². The first kappa shape index (κ1) is 16.8. The molecular formula is C12H13NO7S. The highest BCUT2D eigenvalue weighted by Crippen LogP contribution is 2.13. The zero-order valence-electron chi connectivity index (χ0n) is 11.1. The Morgan fingerprint density at radius 2 is 1.76 bits per heavy atom. The van der Waals surface area contributed by atoms with Crippen LogP contribution in [0.2, 0.25) is 0 Å². The van der Waals surface area contributed by atoms with Gasteiger partial charge in [0.1, 0.15) is 11.5 Å². The number of rotatable bonds is 7. The topological polar surface area (TPSA) is 121 Å². The molecule has 0 aliphatic carbocycles. The molecule has 0 fully saturated rings. The molecule has 0 aliphatic rings. The fourth-order valence-corrected chi connectivity index (χ4v) is 2.60. The van der Waals surface area contributed by atoms with Gasteiger partial charge >= 0.3 is 5.97 Å². The minimum Gasteiger partial charge on any atom is -0.465 e. The maximum atomic E-state index is 11.8. The Morgan fingerprint density at radius 1 is 1.19 bits per heavy atom. The van der Waals surface area contributed by atoms with Gasteiger partial charge in [-0.1, -0.05) is 0 Å². The van der Waals surface area contributed by atoms with E-state index in [-0.39, 0.29) is 17.9 Å². The normalized spacial score (nSPS) is 10.9. The first-order valence-electron chi connectivity index (χ1n) is 5.89. The molecule has 0 saturated carbocycles. The molecule has 114 valence electrons. The van der Waals surface area contributed by atoms with E-state index < -0.39 is 38.0 Å². The molecule has 0 aromatic heterocycles. The lowest BCUT2D eigenvalue weighted by Crippen LogP contribution is -2.25. The van der Waals surface area contributed by atoms with Crippen molar-refractivity contribution < 1.29 is 27.7 Å². The maximum absolute atomic E-state index is 11.8. The van der Waals surface area contributed by atoms with Crippen LogP contribution in [0.1, 0.15) is 17.3 Å². The van der Waals surface area contributed by atoms with E-state index in [1.807, 2.05) is 0 Å². The molecule has 0 aliphatic heterocycles. The van der Waals surface area contributed by atoms with Crippen molar-refractivity contribution in [2.75, 3.05) is 18.1 Å². The van der Waals surface area contributed by atoms with Crippen LogP contribution < -0.4 is 0 Å². The molecule has 0 radical (unpaired) electrons. The van der Waals surface area contributed by atoms with Crippen molar-refractivity contribution in [2.45, 2.75) is 6.92 Å². The van der Waals surface area contributed by atoms with Crippen molar-refractivity contribution in [3.8, 4) is 0 Å². The number of hydrogen-bond donors (Lipinski definition) is 0. The number of hydrogen-bond acceptors (Lipinski definition) is 7. The van der Waals surface area contributed by atoms with Crippen molar-refractivity contribution in [3.05, 3.63) is 39.9 Å². The second-order valence-corrected chi connectivity index (χ2v) is 6.13. The van der Waals surface area contributed by atoms with Crippen molar-refractivity contribution in [3.63, 3.8) is 0 Å². The summed E-state index contributed by atoms with van der Waals surface area (Å²) in [5, 5.41) is 10.5. The Bertz CT molecular complexity index is 649. The van der Waals surface area contributed by atoms with Crippen LogP contribution in [-0.4, -0.2) is 43.2 Å². The van der Waals surface area contributed by atoms with Crippen LogP contribution in [0.4, 0.5) is 5.69 Å². The molecule has 0 bridgehead atoms. The molecule has 0 spiro atoms. The number of nitro groups is 1. The van der Waals surface area contributed by atoms with Gasteiger partial charge < -0.3 is 4.74 Å². The lowest BCUT2D eigenvalue weighted by Gasteiger charge is -2.04. The van der Waals surface area contributed by atoms with E-state index in [2.05, 4.69) is 4.74 Å². The Balaban J connectivity index is 2.76. The number of benzene rings is 1. The van der Waals surface area contributed by atoms with Crippen LogP contribution in [0.5, 0.6) is 0 Å². The van der Waals surface area contributed by atoms with Crippen LogP contribution >= 0.6 is 0 Å². The van der Waals surface area contributed by atoms with Crippen LogP contribution in [-0.2, 0) is 19.4 Å². The molecule has 0 saturated heterocycles. The molecule has 9 heteroatoms. The predicted molar refractivity (Wildman–Crippen MR) is 72.7 cm³/mol. The van der Waals surface area contributed by atoms with E-state index in [1.165, 1.54) is 19.1 Å². The summed E-state index contributed by atoms with van der Waals surface area (Å²) >= 11 is 0. The van der Waals surface area contributed by atoms with Crippen molar-refractivity contribution >= 4 is 27.3 Å². The van der Waals surface area contributed by atoms with Gasteiger partial charge in [-0.15, -0.1) is 0 Å². The number of ketones is 1. The Hall–Kier alpha value is -2.29. The van der Waals surface area contributed by atoms with E-state index in [0.29, 0.717) is 0 Å². The summed E-state index contributed by atoms with van der Waals surface area (Å²) in [4.78, 5) is 32.7. The molecular weight excluding hydrogens is 302 g/mol. The molecule has 1 aromatic rings. The summed E-state index contributed by atoms with van der Waals surface area (Å²) in [5.41, 5.74) is -0.186. The lowest BCUT2D eigenvalue weighted by atomic mass is 10.1. The second-order valence-electron chi connectivity index (χ2n) is 4.06. The van der Waals surface area contributed by atoms with Gasteiger partial charge in [0.05, 0.1) is 11.5 Å². The SMILES string of the molecule is CCOC(=O)CS(=O)(=O)CC(=O)c1ccc([N+](=O)[O-])cc1. The number of sulfone groups is 1. The van der Waals surface area contributed by atoms with Gasteiger partial charge in [-0.05, 0) is 19.1 Å². The zero-order valence-corrected chi connectivity index (χ0v) is 12.0. The molecule has 1 rings (SSSR count). The largest absolute Gasteiger partial charge is 0.465 e. The van der Waals surface area contributed by atoms with Crippen molar-refractivity contribution in [2.24, 2.45) is 0 Å². The Morgan fingerprint density at radius 3 is 2.24 bits per heavy atom. The van der Waals surface area contributed by atoms with Gasteiger partial charge in [-0.2, -0.15) is 0 Å². The molecule has 0 atom stereocenters. The summed E-state index contributed by atoms with van der Waals surface area (Å²) in [6.07, 6.45) is 0. The average Bonchev–Trinajstić information content (AvgIpc) is 2.37. The van der Waals surface area contributed by atoms with Crippen LogP contribution in [0.25, 0.3) is 0 Å². The van der Waals surface area contributed by atoms with Gasteiger partial charge in [-0.25, -0.2) is 8.42 Å². The highest BCUT2D eigenvalue weighted by molar-refractivity contribution is 7.92. The second kappa shape index (κ2) is 6.93. The first-order valence-corrected chi connectivity index (χ1v) is 7.71. The molecule has 8 nitrogen and oxygen atoms in total. The molecule has 1 aromatic carbocycles. The summed E-state index contributed by atoms with van der Waals surface area (Å²) < 4.78 is 27.8. The number of carbonyl (C=O) groups excluding carboxylic acids is 2. The monoisotopic (exact) mass is 315 g/mol. The smallest absolute Gasteiger partial charge is 0.321 e. The maximum Gasteiger partial charge on any atom is 0.321 e. The van der Waals surface area contributed by atoms with Gasteiger partial charge in [-0.3, -0.25) is 19.7 Å². The van der Waals surface area contributed by atoms with E-state index in [9.17, 15) is 28.1 Å². The van der Waals surface area contributed by atoms with Crippen LogP contribution in [0.3, 0.4) is 0 Å². The third-order valence-electron chi connectivity index (χ3n) is 2.39. The first-order chi connectivity index (χ1) is 9.75. The number of carbonyl (C=O) groups is 2. The predicted octanol–water partition coefficient (Wildman–Crippen LogP) is 0.755. The van der Waals surface area contributed by atoms with E-state index in [1.54, 1.807) is 0 Å². The number of esters is 1. The molecule has 0 heterocycles. The number of nitrogens with zero attached hydrogens (tertiary/aromatic N) is 1. The third kappa shape index (κ3) is 5.30. The van der Waals surface area contributed by atoms with E-state index in [4.69, 9.17) is 0 Å². The Kier molecular flexibility index (Phi) is 5.53. The number of nitro benzene ring substituents is 1. The summed E-state index contributed by atoms with van der Waals surface area (Å²) in [6, 6.07) is 4.54. The van der Waals surface area contributed by atoms with E-state index >= 15 is 0 Å².